The molecular weight excluding hydrogens is 258 g/mol. The van der Waals surface area contributed by atoms with Crippen LogP contribution >= 0.6 is 0 Å². The van der Waals surface area contributed by atoms with Gasteiger partial charge < -0.3 is 14.3 Å². The van der Waals surface area contributed by atoms with E-state index >= 15 is 0 Å². The summed E-state index contributed by atoms with van der Waals surface area (Å²) >= 11 is 0. The van der Waals surface area contributed by atoms with Crippen LogP contribution in [0.5, 0.6) is 0 Å². The molecule has 1 N–H and O–H groups in total. The molecule has 2 aromatic rings. The van der Waals surface area contributed by atoms with Crippen LogP contribution in [0.3, 0.4) is 0 Å². The summed E-state index contributed by atoms with van der Waals surface area (Å²) in [6.45, 7) is 3.10. The highest BCUT2D eigenvalue weighted by atomic mass is 16.5. The number of hydrogen-bond acceptors (Lipinski definition) is 4. The molecule has 0 atom stereocenters. The van der Waals surface area contributed by atoms with E-state index in [0.717, 1.165) is 12.0 Å². The zero-order chi connectivity index (χ0) is 14.4. The van der Waals surface area contributed by atoms with Gasteiger partial charge in [-0.1, -0.05) is 25.1 Å². The number of aromatic carboxylic acids is 1. The van der Waals surface area contributed by atoms with Gasteiger partial charge in [0.2, 0.25) is 5.89 Å². The quantitative estimate of drug-likeness (QED) is 0.786. The third kappa shape index (κ3) is 3.45. The van der Waals surface area contributed by atoms with E-state index in [9.17, 15) is 4.79 Å². The average Bonchev–Trinajstić information content (AvgIpc) is 2.89. The van der Waals surface area contributed by atoms with Gasteiger partial charge in [0.25, 0.3) is 0 Å². The van der Waals surface area contributed by atoms with Crippen molar-refractivity contribution in [1.82, 2.24) is 4.98 Å². The molecular formula is C15H17NO4. The number of hydrogen-bond donors (Lipinski definition) is 1. The Balaban J connectivity index is 2.18. The van der Waals surface area contributed by atoms with Gasteiger partial charge in [-0.25, -0.2) is 9.78 Å². The molecule has 0 saturated heterocycles. The fraction of sp³-hybridized carbons (Fsp3) is 0.333. The zero-order valence-electron chi connectivity index (χ0n) is 11.3. The Bertz CT molecular complexity index is 563. The Hall–Kier alpha value is -2.14. The van der Waals surface area contributed by atoms with Crippen molar-refractivity contribution in [3.8, 4) is 11.5 Å². The van der Waals surface area contributed by atoms with Crippen LogP contribution in [0.25, 0.3) is 11.5 Å². The number of carboxylic acids is 1. The normalized spacial score (nSPS) is 10.7. The van der Waals surface area contributed by atoms with E-state index in [2.05, 4.69) is 4.98 Å². The van der Waals surface area contributed by atoms with Crippen LogP contribution in [0.4, 0.5) is 0 Å². The summed E-state index contributed by atoms with van der Waals surface area (Å²) < 4.78 is 10.9. The molecule has 0 aliphatic carbocycles. The smallest absolute Gasteiger partial charge is 0.358 e. The number of nitrogens with zero attached hydrogens (tertiary/aromatic N) is 1. The molecule has 0 unspecified atom stereocenters. The number of benzene rings is 1. The van der Waals surface area contributed by atoms with Gasteiger partial charge in [-0.2, -0.15) is 0 Å². The van der Waals surface area contributed by atoms with E-state index in [1.807, 2.05) is 37.3 Å². The lowest BCUT2D eigenvalue weighted by Gasteiger charge is -2.00. The largest absolute Gasteiger partial charge is 0.476 e. The van der Waals surface area contributed by atoms with Gasteiger partial charge in [0.05, 0.1) is 6.61 Å². The molecule has 0 spiro atoms. The number of carbonyl (C=O) groups is 1. The Kier molecular flexibility index (Phi) is 4.90. The van der Waals surface area contributed by atoms with Crippen molar-refractivity contribution in [2.45, 2.75) is 19.8 Å². The standard InChI is InChI=1S/C15H17NO4/c1-2-9-19-10-8-12-13(15(17)18)16-14(20-12)11-6-4-3-5-7-11/h3-7H,2,8-10H2,1H3,(H,17,18). The Labute approximate surface area is 117 Å². The topological polar surface area (TPSA) is 72.6 Å². The van der Waals surface area contributed by atoms with E-state index in [1.165, 1.54) is 0 Å². The fourth-order valence-electron chi connectivity index (χ4n) is 1.80. The number of oxazole rings is 1. The molecule has 1 aromatic carbocycles. The third-order valence-electron chi connectivity index (χ3n) is 2.74. The first-order chi connectivity index (χ1) is 9.72. The van der Waals surface area contributed by atoms with Gasteiger partial charge in [0.15, 0.2) is 5.69 Å². The lowest BCUT2D eigenvalue weighted by molar-refractivity contribution is 0.0687. The molecule has 1 aromatic heterocycles. The predicted molar refractivity (Wildman–Crippen MR) is 73.7 cm³/mol. The maximum absolute atomic E-state index is 11.2. The van der Waals surface area contributed by atoms with E-state index < -0.39 is 5.97 Å². The molecule has 0 aliphatic heterocycles. The average molecular weight is 275 g/mol. The van der Waals surface area contributed by atoms with Gasteiger partial charge >= 0.3 is 5.97 Å². The van der Waals surface area contributed by atoms with Crippen LogP contribution in [0, 0.1) is 0 Å². The van der Waals surface area contributed by atoms with Crippen molar-refractivity contribution < 1.29 is 19.1 Å². The van der Waals surface area contributed by atoms with Crippen molar-refractivity contribution in [2.24, 2.45) is 0 Å². The van der Waals surface area contributed by atoms with Crippen LogP contribution in [0.1, 0.15) is 29.6 Å². The monoisotopic (exact) mass is 275 g/mol. The van der Waals surface area contributed by atoms with Gasteiger partial charge in [0.1, 0.15) is 5.76 Å². The zero-order valence-corrected chi connectivity index (χ0v) is 11.3. The highest BCUT2D eigenvalue weighted by Gasteiger charge is 2.19. The van der Waals surface area contributed by atoms with Crippen LogP contribution in [-0.4, -0.2) is 29.3 Å². The summed E-state index contributed by atoms with van der Waals surface area (Å²) in [6, 6.07) is 9.24. The fourth-order valence-corrected chi connectivity index (χ4v) is 1.80. The Morgan fingerprint density at radius 2 is 2.05 bits per heavy atom. The van der Waals surface area contributed by atoms with Crippen LogP contribution in [0.15, 0.2) is 34.7 Å². The summed E-state index contributed by atoms with van der Waals surface area (Å²) in [5.41, 5.74) is 0.722. The van der Waals surface area contributed by atoms with Crippen molar-refractivity contribution in [2.75, 3.05) is 13.2 Å². The molecule has 0 amide bonds. The molecule has 106 valence electrons. The van der Waals surface area contributed by atoms with Crippen molar-refractivity contribution in [3.63, 3.8) is 0 Å². The summed E-state index contributed by atoms with van der Waals surface area (Å²) in [7, 11) is 0. The molecule has 0 aliphatic rings. The second-order valence-corrected chi connectivity index (χ2v) is 4.32. The Morgan fingerprint density at radius 3 is 2.70 bits per heavy atom. The van der Waals surface area contributed by atoms with Crippen LogP contribution in [-0.2, 0) is 11.2 Å². The number of ether oxygens (including phenoxy) is 1. The first-order valence-electron chi connectivity index (χ1n) is 6.58. The first-order valence-corrected chi connectivity index (χ1v) is 6.58. The summed E-state index contributed by atoms with van der Waals surface area (Å²) in [6.07, 6.45) is 1.33. The minimum Gasteiger partial charge on any atom is -0.476 e. The minimum absolute atomic E-state index is 0.0380. The van der Waals surface area contributed by atoms with Crippen molar-refractivity contribution in [1.29, 1.82) is 0 Å². The van der Waals surface area contributed by atoms with Gasteiger partial charge in [0, 0.05) is 18.6 Å². The molecule has 0 saturated carbocycles. The highest BCUT2D eigenvalue weighted by molar-refractivity contribution is 5.87. The second-order valence-electron chi connectivity index (χ2n) is 4.32. The van der Waals surface area contributed by atoms with E-state index in [4.69, 9.17) is 14.3 Å². The highest BCUT2D eigenvalue weighted by Crippen LogP contribution is 2.22. The van der Waals surface area contributed by atoms with E-state index in [1.54, 1.807) is 0 Å². The molecule has 20 heavy (non-hydrogen) atoms. The van der Waals surface area contributed by atoms with E-state index in [-0.39, 0.29) is 5.69 Å². The van der Waals surface area contributed by atoms with Crippen molar-refractivity contribution in [3.05, 3.63) is 41.8 Å². The number of carboxylic acid groups (broad SMARTS) is 1. The molecule has 2 rings (SSSR count). The molecule has 5 heteroatoms. The first kappa shape index (κ1) is 14.3. The molecule has 1 heterocycles. The maximum Gasteiger partial charge on any atom is 0.358 e. The number of rotatable bonds is 7. The van der Waals surface area contributed by atoms with Gasteiger partial charge in [-0.3, -0.25) is 0 Å². The summed E-state index contributed by atoms with van der Waals surface area (Å²) in [5.74, 6) is -0.401. The van der Waals surface area contributed by atoms with Crippen LogP contribution < -0.4 is 0 Å². The molecule has 5 nitrogen and oxygen atoms in total. The minimum atomic E-state index is -1.08. The van der Waals surface area contributed by atoms with Gasteiger partial charge in [-0.05, 0) is 18.6 Å². The third-order valence-corrected chi connectivity index (χ3v) is 2.74. The van der Waals surface area contributed by atoms with Crippen molar-refractivity contribution >= 4 is 5.97 Å². The molecule has 0 fully saturated rings. The molecule has 0 bridgehead atoms. The maximum atomic E-state index is 11.2. The SMILES string of the molecule is CCCOCCc1oc(-c2ccccc2)nc1C(=O)O. The van der Waals surface area contributed by atoms with E-state index in [0.29, 0.717) is 31.3 Å². The summed E-state index contributed by atoms with van der Waals surface area (Å²) in [5, 5.41) is 9.17. The second kappa shape index (κ2) is 6.86. The Morgan fingerprint density at radius 1 is 1.30 bits per heavy atom. The lowest BCUT2D eigenvalue weighted by Crippen LogP contribution is -2.05. The number of aromatic nitrogens is 1. The summed E-state index contributed by atoms with van der Waals surface area (Å²) in [4.78, 5) is 15.2. The predicted octanol–water partition coefficient (Wildman–Crippen LogP) is 3.01. The lowest BCUT2D eigenvalue weighted by atomic mass is 10.2. The van der Waals surface area contributed by atoms with Crippen LogP contribution in [0.2, 0.25) is 0 Å². The van der Waals surface area contributed by atoms with Gasteiger partial charge in [-0.15, -0.1) is 0 Å². The molecule has 0 radical (unpaired) electrons.